The van der Waals surface area contributed by atoms with Crippen LogP contribution in [0.2, 0.25) is 25.7 Å². The Morgan fingerprint density at radius 1 is 0.839 bits per heavy atom. The highest BCUT2D eigenvalue weighted by Gasteiger charge is 2.40. The number of carboxylic acid groups (broad SMARTS) is 1. The van der Waals surface area contributed by atoms with Gasteiger partial charge in [0.2, 0.25) is 10.0 Å². The van der Waals surface area contributed by atoms with Gasteiger partial charge in [0.05, 0.1) is 56.7 Å². The Morgan fingerprint density at radius 3 is 1.85 bits per heavy atom. The van der Waals surface area contributed by atoms with Gasteiger partial charge in [0, 0.05) is 33.4 Å². The van der Waals surface area contributed by atoms with Crippen molar-refractivity contribution in [1.29, 1.82) is 0 Å². The Morgan fingerprint density at radius 2 is 1.37 bits per heavy atom. The van der Waals surface area contributed by atoms with Gasteiger partial charge in [-0.2, -0.15) is 4.31 Å². The molecule has 62 heavy (non-hydrogen) atoms. The number of amides is 1. The lowest BCUT2D eigenvalue weighted by Gasteiger charge is -2.37. The number of ether oxygens (including phenoxy) is 3. The number of sulfone groups is 1. The van der Waals surface area contributed by atoms with Gasteiger partial charge in [-0.05, 0) is 88.1 Å². The lowest BCUT2D eigenvalue weighted by molar-refractivity contribution is 0.168. The monoisotopic (exact) mass is 909 g/mol. The van der Waals surface area contributed by atoms with Crippen molar-refractivity contribution < 1.29 is 45.3 Å². The summed E-state index contributed by atoms with van der Waals surface area (Å²) < 4.78 is 96.0. The number of alkyl halides is 1. The first kappa shape index (κ1) is 45.9. The van der Waals surface area contributed by atoms with Crippen molar-refractivity contribution in [3.05, 3.63) is 102 Å². The predicted octanol–water partition coefficient (Wildman–Crippen LogP) is 6.10. The summed E-state index contributed by atoms with van der Waals surface area (Å²) in [5.74, 6) is 1.32. The number of hydrogen-bond donors (Lipinski definition) is 2. The third-order valence-corrected chi connectivity index (χ3v) is 16.5. The number of rotatable bonds is 18. The fourth-order valence-electron chi connectivity index (χ4n) is 7.15. The molecule has 0 radical (unpaired) electrons. The Labute approximate surface area is 362 Å². The van der Waals surface area contributed by atoms with E-state index >= 15 is 12.8 Å². The van der Waals surface area contributed by atoms with Gasteiger partial charge in [-0.25, -0.2) is 30.7 Å². The number of aromatic nitrogens is 4. The summed E-state index contributed by atoms with van der Waals surface area (Å²) in [5.41, 5.74) is 1.91. The van der Waals surface area contributed by atoms with Crippen LogP contribution >= 0.6 is 0 Å². The van der Waals surface area contributed by atoms with E-state index < -0.39 is 56.0 Å². The maximum absolute atomic E-state index is 15.9. The van der Waals surface area contributed by atoms with Crippen molar-refractivity contribution in [3.63, 3.8) is 0 Å². The Balaban J connectivity index is 1.63. The van der Waals surface area contributed by atoms with Crippen molar-refractivity contribution in [3.8, 4) is 28.6 Å². The minimum Gasteiger partial charge on any atom is -0.497 e. The topological polar surface area (TPSA) is 195 Å². The molecule has 1 amide bonds. The number of benzene rings is 4. The predicted molar refractivity (Wildman–Crippen MR) is 235 cm³/mol. The minimum atomic E-state index is -4.89. The standard InChI is InChI=1S/C42H52FN7O9S2Si/c1-57-32-13-7-29(8-14-32)25-49(26-30-9-15-33(58-2)16-10-30)61(55,56)40-38(60(53,54)23-24-62(4,5)6)20-19-37(48-22-21-36(35(43)28-48)44-42(51)52)39(40)41-45-46-47-50(41)27-31-11-17-34(59-3)18-12-31/h7-20,35-36,44H,21-28H2,1-6H3,(H,51,52)/t35-,36+/m1/s1. The summed E-state index contributed by atoms with van der Waals surface area (Å²) in [4.78, 5) is 12.1. The smallest absolute Gasteiger partial charge is 0.404 e. The molecule has 1 fully saturated rings. The molecule has 1 aliphatic rings. The number of hydrogen-bond acceptors (Lipinski definition) is 12. The van der Waals surface area contributed by atoms with E-state index in [0.717, 1.165) is 0 Å². The van der Waals surface area contributed by atoms with Crippen LogP contribution in [-0.4, -0.2) is 113 Å². The number of tetrazole rings is 1. The average Bonchev–Trinajstić information content (AvgIpc) is 3.71. The molecule has 2 heterocycles. The number of carbonyl (C=O) groups is 1. The highest BCUT2D eigenvalue weighted by atomic mass is 32.2. The maximum atomic E-state index is 15.9. The number of methoxy groups -OCH3 is 3. The van der Waals surface area contributed by atoms with Crippen molar-refractivity contribution in [1.82, 2.24) is 29.8 Å². The van der Waals surface area contributed by atoms with E-state index in [0.29, 0.717) is 40.0 Å². The molecule has 0 bridgehead atoms. The number of piperidine rings is 1. The largest absolute Gasteiger partial charge is 0.497 e. The summed E-state index contributed by atoms with van der Waals surface area (Å²) in [6.07, 6.45) is -3.05. The number of sulfonamides is 1. The molecule has 1 aromatic heterocycles. The molecular weight excluding hydrogens is 858 g/mol. The third kappa shape index (κ3) is 10.9. The quantitative estimate of drug-likeness (QED) is 0.0959. The van der Waals surface area contributed by atoms with Crippen LogP contribution in [-0.2, 0) is 39.5 Å². The minimum absolute atomic E-state index is 0.0309. The molecule has 20 heteroatoms. The van der Waals surface area contributed by atoms with Gasteiger partial charge in [-0.1, -0.05) is 56.0 Å². The first-order valence-corrected chi connectivity index (χ1v) is 26.7. The molecule has 1 saturated heterocycles. The summed E-state index contributed by atoms with van der Waals surface area (Å²) in [6, 6.07) is 22.9. The summed E-state index contributed by atoms with van der Waals surface area (Å²) >= 11 is 0. The van der Waals surface area contributed by atoms with E-state index in [1.54, 1.807) is 77.7 Å². The van der Waals surface area contributed by atoms with Gasteiger partial charge >= 0.3 is 6.09 Å². The van der Waals surface area contributed by atoms with Crippen LogP contribution in [0.1, 0.15) is 23.1 Å². The highest BCUT2D eigenvalue weighted by Crippen LogP contribution is 2.43. The number of anilines is 1. The number of halogens is 1. The molecule has 0 aliphatic carbocycles. The molecule has 0 spiro atoms. The van der Waals surface area contributed by atoms with E-state index in [1.165, 1.54) is 42.4 Å². The first-order chi connectivity index (χ1) is 29.4. The van der Waals surface area contributed by atoms with E-state index in [-0.39, 0.29) is 62.0 Å². The fraction of sp³-hybridized carbons (Fsp3) is 0.381. The van der Waals surface area contributed by atoms with Crippen LogP contribution in [0.15, 0.2) is 94.7 Å². The molecule has 6 rings (SSSR count). The average molecular weight is 910 g/mol. The zero-order valence-corrected chi connectivity index (χ0v) is 38.1. The summed E-state index contributed by atoms with van der Waals surface area (Å²) in [7, 11) is -6.64. The zero-order chi connectivity index (χ0) is 44.8. The zero-order valence-electron chi connectivity index (χ0n) is 35.5. The van der Waals surface area contributed by atoms with Crippen molar-refractivity contribution in [2.24, 2.45) is 0 Å². The molecule has 332 valence electrons. The van der Waals surface area contributed by atoms with E-state index in [2.05, 4.69) is 20.8 Å². The van der Waals surface area contributed by atoms with Crippen LogP contribution in [0.3, 0.4) is 0 Å². The van der Waals surface area contributed by atoms with Crippen molar-refractivity contribution in [2.75, 3.05) is 45.1 Å². The lowest BCUT2D eigenvalue weighted by atomic mass is 10.0. The third-order valence-electron chi connectivity index (χ3n) is 10.6. The van der Waals surface area contributed by atoms with Crippen LogP contribution in [0, 0.1) is 0 Å². The van der Waals surface area contributed by atoms with Crippen molar-refractivity contribution >= 4 is 39.7 Å². The Kier molecular flexibility index (Phi) is 14.2. The van der Waals surface area contributed by atoms with E-state index in [9.17, 15) is 18.3 Å². The van der Waals surface area contributed by atoms with Crippen LogP contribution < -0.4 is 24.4 Å². The Hall–Kier alpha value is -5.57. The molecule has 16 nitrogen and oxygen atoms in total. The van der Waals surface area contributed by atoms with Crippen molar-refractivity contribution in [2.45, 2.75) is 73.7 Å². The number of nitrogens with one attached hydrogen (secondary N) is 1. The second kappa shape index (κ2) is 19.2. The summed E-state index contributed by atoms with van der Waals surface area (Å²) in [6.45, 7) is 5.49. The second-order valence-electron chi connectivity index (χ2n) is 16.2. The molecule has 5 aromatic rings. The molecule has 2 atom stereocenters. The van der Waals surface area contributed by atoms with Crippen LogP contribution in [0.5, 0.6) is 17.2 Å². The van der Waals surface area contributed by atoms with Gasteiger partial charge in [0.25, 0.3) is 0 Å². The molecule has 0 saturated carbocycles. The lowest BCUT2D eigenvalue weighted by Crippen LogP contribution is -2.52. The van der Waals surface area contributed by atoms with Crippen LogP contribution in [0.4, 0.5) is 14.9 Å². The summed E-state index contributed by atoms with van der Waals surface area (Å²) in [5, 5.41) is 24.2. The highest BCUT2D eigenvalue weighted by molar-refractivity contribution is 7.93. The van der Waals surface area contributed by atoms with Gasteiger partial charge in [-0.3, -0.25) is 0 Å². The molecule has 0 unspecified atom stereocenters. The normalized spacial score (nSPS) is 16.0. The maximum Gasteiger partial charge on any atom is 0.404 e. The molecular formula is C42H52FN7O9S2Si. The molecule has 2 N–H and O–H groups in total. The van der Waals surface area contributed by atoms with Gasteiger partial charge < -0.3 is 29.5 Å². The number of nitrogens with zero attached hydrogens (tertiary/aromatic N) is 6. The molecule has 1 aliphatic heterocycles. The van der Waals surface area contributed by atoms with Gasteiger partial charge in [0.15, 0.2) is 15.7 Å². The van der Waals surface area contributed by atoms with Gasteiger partial charge in [0.1, 0.15) is 28.3 Å². The Bertz CT molecular complexity index is 2510. The SMILES string of the molecule is COc1ccc(CN(Cc2ccc(OC)cc2)S(=O)(=O)c2c(S(=O)(=O)CC[Si](C)(C)C)ccc(N3CC[C@H](NC(=O)O)[C@H](F)C3)c2-c2nnnn2Cc2ccc(OC)cc2)cc1. The first-order valence-electron chi connectivity index (χ1n) is 19.9. The second-order valence-corrected chi connectivity index (χ2v) is 25.8. The van der Waals surface area contributed by atoms with Crippen LogP contribution in [0.25, 0.3) is 11.4 Å². The van der Waals surface area contributed by atoms with Gasteiger partial charge in [-0.15, -0.1) is 5.10 Å². The molecule has 4 aromatic carbocycles. The fourth-order valence-corrected chi connectivity index (χ4v) is 13.9. The van der Waals surface area contributed by atoms with E-state index in [1.807, 2.05) is 19.6 Å². The van der Waals surface area contributed by atoms with E-state index in [4.69, 9.17) is 14.2 Å².